The molecule has 8 heteroatoms. The van der Waals surface area contributed by atoms with Gasteiger partial charge in [-0.3, -0.25) is 4.98 Å². The molecule has 0 spiro atoms. The molecule has 0 atom stereocenters. The standard InChI is InChI=1S/C36H40FN7.C2H6/c1-7-24(16-29(8-2)41-23(4)25-9-10-25)26-11-12-33(38)31(18-26)22(3)36-42-34-21-39-20-32(35(34)43-36)27-15-28(37)19-30(17-27)40-13-14-44(5)6;1-2/h7-8,11-12,15-21,25,40-41H,2-4,9-10,13-14,38H2,1,5-6H3,(H,42,43);1-2H3/b24-7+,29-16+;. The van der Waals surface area contributed by atoms with Crippen LogP contribution in [0.1, 0.15) is 50.6 Å². The van der Waals surface area contributed by atoms with E-state index in [1.54, 1.807) is 18.5 Å². The van der Waals surface area contributed by atoms with Crippen molar-refractivity contribution in [2.24, 2.45) is 5.92 Å². The van der Waals surface area contributed by atoms with Gasteiger partial charge in [0.15, 0.2) is 0 Å². The number of benzene rings is 2. The summed E-state index contributed by atoms with van der Waals surface area (Å²) >= 11 is 0. The summed E-state index contributed by atoms with van der Waals surface area (Å²) in [5.41, 5.74) is 15.8. The fourth-order valence-corrected chi connectivity index (χ4v) is 5.05. The number of nitrogen functional groups attached to an aromatic ring is 1. The van der Waals surface area contributed by atoms with Crippen molar-refractivity contribution in [3.05, 3.63) is 121 Å². The van der Waals surface area contributed by atoms with Gasteiger partial charge >= 0.3 is 0 Å². The second-order valence-corrected chi connectivity index (χ2v) is 11.4. The summed E-state index contributed by atoms with van der Waals surface area (Å²) in [5, 5.41) is 6.70. The SMILES string of the molecule is C=C/C(=C\C(=C/C)c1ccc(N)c(C(=C)c2nc3c(-c4cc(F)cc(NCCN(C)C)c4)cncc3[nH]2)c1)NC(=C)C1CC1.CC. The van der Waals surface area contributed by atoms with Crippen molar-refractivity contribution >= 4 is 33.6 Å². The van der Waals surface area contributed by atoms with Gasteiger partial charge in [-0.15, -0.1) is 0 Å². The van der Waals surface area contributed by atoms with E-state index in [2.05, 4.69) is 51.3 Å². The van der Waals surface area contributed by atoms with Crippen molar-refractivity contribution in [3.8, 4) is 11.1 Å². The molecule has 1 fully saturated rings. The van der Waals surface area contributed by atoms with Gasteiger partial charge in [-0.05, 0) is 99.0 Å². The highest BCUT2D eigenvalue weighted by atomic mass is 19.1. The maximum absolute atomic E-state index is 14.7. The maximum Gasteiger partial charge on any atom is 0.138 e. The summed E-state index contributed by atoms with van der Waals surface area (Å²) in [4.78, 5) is 14.7. The first kappa shape index (κ1) is 33.9. The smallest absolute Gasteiger partial charge is 0.138 e. The van der Waals surface area contributed by atoms with E-state index >= 15 is 0 Å². The molecule has 46 heavy (non-hydrogen) atoms. The molecule has 2 heterocycles. The quantitative estimate of drug-likeness (QED) is 0.0887. The number of nitrogens with one attached hydrogen (secondary N) is 3. The number of likely N-dealkylation sites (N-methyl/N-ethyl adjacent to an activating group) is 1. The van der Waals surface area contributed by atoms with Crippen molar-refractivity contribution in [1.82, 2.24) is 25.2 Å². The largest absolute Gasteiger partial charge is 0.398 e. The number of nitrogens with two attached hydrogens (primary N) is 1. The minimum absolute atomic E-state index is 0.336. The molecule has 2 aromatic heterocycles. The van der Waals surface area contributed by atoms with Gasteiger partial charge in [0.25, 0.3) is 0 Å². The molecule has 5 rings (SSSR count). The summed E-state index contributed by atoms with van der Waals surface area (Å²) < 4.78 is 14.7. The van der Waals surface area contributed by atoms with E-state index < -0.39 is 0 Å². The summed E-state index contributed by atoms with van der Waals surface area (Å²) in [7, 11) is 4.00. The van der Waals surface area contributed by atoms with Crippen molar-refractivity contribution in [2.75, 3.05) is 38.2 Å². The zero-order valence-electron chi connectivity index (χ0n) is 27.7. The first-order chi connectivity index (χ1) is 22.2. The zero-order valence-corrected chi connectivity index (χ0v) is 27.7. The maximum atomic E-state index is 14.7. The number of aromatic nitrogens is 3. The molecule has 0 unspecified atom stereocenters. The van der Waals surface area contributed by atoms with E-state index in [4.69, 9.17) is 10.7 Å². The monoisotopic (exact) mass is 619 g/mol. The molecule has 240 valence electrons. The summed E-state index contributed by atoms with van der Waals surface area (Å²) in [6.45, 7) is 20.0. The van der Waals surface area contributed by atoms with Crippen molar-refractivity contribution < 1.29 is 4.39 Å². The number of imidazole rings is 1. The molecule has 2 aromatic carbocycles. The highest BCUT2D eigenvalue weighted by Crippen LogP contribution is 2.35. The van der Waals surface area contributed by atoms with Crippen LogP contribution in [0.2, 0.25) is 0 Å². The Labute approximate surface area is 272 Å². The molecule has 1 aliphatic rings. The summed E-state index contributed by atoms with van der Waals surface area (Å²) in [6.07, 6.45) is 11.7. The van der Waals surface area contributed by atoms with Gasteiger partial charge in [-0.1, -0.05) is 45.7 Å². The van der Waals surface area contributed by atoms with Crippen LogP contribution in [0.4, 0.5) is 15.8 Å². The van der Waals surface area contributed by atoms with E-state index in [9.17, 15) is 4.39 Å². The lowest BCUT2D eigenvalue weighted by molar-refractivity contribution is 0.425. The van der Waals surface area contributed by atoms with Gasteiger partial charge in [0.05, 0.1) is 17.2 Å². The molecule has 7 nitrogen and oxygen atoms in total. The molecular formula is C38H46FN7. The first-order valence-electron chi connectivity index (χ1n) is 15.8. The van der Waals surface area contributed by atoms with Crippen LogP contribution in [0.25, 0.3) is 33.3 Å². The third-order valence-electron chi connectivity index (χ3n) is 7.71. The molecule has 1 aliphatic carbocycles. The number of hydrogen-bond donors (Lipinski definition) is 4. The predicted octanol–water partition coefficient (Wildman–Crippen LogP) is 8.39. The fourth-order valence-electron chi connectivity index (χ4n) is 5.05. The number of allylic oxidation sites excluding steroid dienone is 5. The molecular weight excluding hydrogens is 573 g/mol. The molecule has 0 bridgehead atoms. The predicted molar refractivity (Wildman–Crippen MR) is 194 cm³/mol. The van der Waals surface area contributed by atoms with E-state index in [1.807, 2.05) is 65.2 Å². The number of H-pyrrole nitrogens is 1. The number of pyridine rings is 1. The second-order valence-electron chi connectivity index (χ2n) is 11.4. The Balaban J connectivity index is 0.00000235. The second kappa shape index (κ2) is 15.4. The molecule has 4 aromatic rings. The van der Waals surface area contributed by atoms with Gasteiger partial charge in [0.2, 0.25) is 0 Å². The lowest BCUT2D eigenvalue weighted by Gasteiger charge is -2.13. The minimum Gasteiger partial charge on any atom is -0.398 e. The van der Waals surface area contributed by atoms with E-state index in [0.29, 0.717) is 51.9 Å². The van der Waals surface area contributed by atoms with Crippen LogP contribution in [0.15, 0.2) is 98.2 Å². The highest BCUT2D eigenvalue weighted by molar-refractivity contribution is 5.94. The summed E-state index contributed by atoms with van der Waals surface area (Å²) in [5.74, 6) is 0.758. The molecule has 0 saturated heterocycles. The molecule has 0 amide bonds. The average Bonchev–Trinajstić information content (AvgIpc) is 3.81. The third kappa shape index (κ3) is 8.20. The number of nitrogens with zero attached hydrogens (tertiary/aromatic N) is 3. The van der Waals surface area contributed by atoms with Gasteiger partial charge in [-0.25, -0.2) is 9.37 Å². The Bertz CT molecular complexity index is 1790. The third-order valence-corrected chi connectivity index (χ3v) is 7.71. The average molecular weight is 620 g/mol. The van der Waals surface area contributed by atoms with Crippen LogP contribution >= 0.6 is 0 Å². The minimum atomic E-state index is -0.336. The van der Waals surface area contributed by atoms with Crippen LogP contribution in [0.5, 0.6) is 0 Å². The van der Waals surface area contributed by atoms with Gasteiger partial charge in [0, 0.05) is 58.8 Å². The van der Waals surface area contributed by atoms with Gasteiger partial charge in [0.1, 0.15) is 11.6 Å². The Morgan fingerprint density at radius 1 is 1.13 bits per heavy atom. The van der Waals surface area contributed by atoms with Gasteiger partial charge in [-0.2, -0.15) is 0 Å². The van der Waals surface area contributed by atoms with Crippen LogP contribution < -0.4 is 16.4 Å². The number of aromatic amines is 1. The highest BCUT2D eigenvalue weighted by Gasteiger charge is 2.24. The lowest BCUT2D eigenvalue weighted by Crippen LogP contribution is -2.20. The van der Waals surface area contributed by atoms with Gasteiger partial charge < -0.3 is 26.3 Å². The van der Waals surface area contributed by atoms with Crippen LogP contribution in [-0.2, 0) is 0 Å². The zero-order chi connectivity index (χ0) is 33.4. The number of halogens is 1. The normalized spacial score (nSPS) is 13.3. The Morgan fingerprint density at radius 3 is 2.57 bits per heavy atom. The molecule has 0 radical (unpaired) electrons. The lowest BCUT2D eigenvalue weighted by atomic mass is 9.97. The van der Waals surface area contributed by atoms with Crippen molar-refractivity contribution in [3.63, 3.8) is 0 Å². The number of anilines is 2. The van der Waals surface area contributed by atoms with Crippen LogP contribution in [-0.4, -0.2) is 47.0 Å². The molecule has 5 N–H and O–H groups in total. The number of fused-ring (bicyclic) bond motifs is 1. The molecule has 0 aliphatic heterocycles. The van der Waals surface area contributed by atoms with Crippen molar-refractivity contribution in [1.29, 1.82) is 0 Å². The Kier molecular flexibility index (Phi) is 11.3. The van der Waals surface area contributed by atoms with E-state index in [1.165, 1.54) is 25.0 Å². The summed E-state index contributed by atoms with van der Waals surface area (Å²) in [6, 6.07) is 10.8. The number of rotatable bonds is 13. The van der Waals surface area contributed by atoms with Crippen LogP contribution in [0, 0.1) is 11.7 Å². The van der Waals surface area contributed by atoms with Crippen molar-refractivity contribution in [2.45, 2.75) is 33.6 Å². The Hall–Kier alpha value is -4.95. The first-order valence-corrected chi connectivity index (χ1v) is 15.8. The number of hydrogen-bond acceptors (Lipinski definition) is 6. The fraction of sp³-hybridized carbons (Fsp3) is 0.263. The molecule has 1 saturated carbocycles. The van der Waals surface area contributed by atoms with Crippen LogP contribution in [0.3, 0.4) is 0 Å². The Morgan fingerprint density at radius 2 is 1.89 bits per heavy atom. The topological polar surface area (TPSA) is 94.9 Å². The van der Waals surface area contributed by atoms with E-state index in [-0.39, 0.29) is 5.82 Å². The van der Waals surface area contributed by atoms with E-state index in [0.717, 1.165) is 40.2 Å².